The molecule has 1 saturated heterocycles. The van der Waals surface area contributed by atoms with Crippen LogP contribution in [0, 0.1) is 0 Å². The Kier molecular flexibility index (Phi) is 3.11. The maximum Gasteiger partial charge on any atom is 0.454 e. The van der Waals surface area contributed by atoms with Crippen molar-refractivity contribution in [1.29, 1.82) is 0 Å². The van der Waals surface area contributed by atoms with Crippen LogP contribution in [0.25, 0.3) is 0 Å². The van der Waals surface area contributed by atoms with E-state index in [9.17, 15) is 0 Å². The summed E-state index contributed by atoms with van der Waals surface area (Å²) in [5.41, 5.74) is 0. The summed E-state index contributed by atoms with van der Waals surface area (Å²) in [5.74, 6) is 0.0943. The molecule has 0 aromatic rings. The molecule has 1 fully saturated rings. The summed E-state index contributed by atoms with van der Waals surface area (Å²) in [7, 11) is 1.51. The first-order chi connectivity index (χ1) is 4.70. The number of rotatable bonds is 1. The number of hydrogen-bond acceptors (Lipinski definition) is 3. The van der Waals surface area contributed by atoms with E-state index in [0.29, 0.717) is 0 Å². The third-order valence-corrected chi connectivity index (χ3v) is 2.51. The first-order valence-corrected chi connectivity index (χ1v) is 4.07. The Labute approximate surface area is 63.8 Å². The van der Waals surface area contributed by atoms with Crippen molar-refractivity contribution in [2.75, 3.05) is 13.1 Å². The number of hydrogen-bond donors (Lipinski definition) is 2. The van der Waals surface area contributed by atoms with E-state index in [2.05, 4.69) is 14.1 Å². The minimum Gasteiger partial charge on any atom is -0.427 e. The summed E-state index contributed by atoms with van der Waals surface area (Å²) < 4.78 is 2.12. The minimum atomic E-state index is -1.11. The number of nitrogens with zero attached hydrogens (tertiary/aromatic N) is 1. The molecule has 0 bridgehead atoms. The van der Waals surface area contributed by atoms with Gasteiger partial charge in [0.2, 0.25) is 0 Å². The smallest absolute Gasteiger partial charge is 0.427 e. The quantitative estimate of drug-likeness (QED) is 0.410. The summed E-state index contributed by atoms with van der Waals surface area (Å²) in [4.78, 5) is 0. The summed E-state index contributed by atoms with van der Waals surface area (Å²) in [6, 6.07) is 0. The van der Waals surface area contributed by atoms with E-state index in [1.165, 1.54) is 0 Å². The molecule has 1 atom stereocenters. The second kappa shape index (κ2) is 3.68. The van der Waals surface area contributed by atoms with E-state index in [1.54, 1.807) is 0 Å². The first-order valence-electron chi connectivity index (χ1n) is 3.56. The van der Waals surface area contributed by atoms with Crippen molar-refractivity contribution < 1.29 is 10.0 Å². The fourth-order valence-electron chi connectivity index (χ4n) is 1.22. The van der Waals surface area contributed by atoms with Gasteiger partial charge in [-0.15, -0.1) is 0 Å². The highest BCUT2D eigenvalue weighted by atomic mass is 31.0. The summed E-state index contributed by atoms with van der Waals surface area (Å²) in [6.45, 7) is 1.90. The fraction of sp³-hybridized carbons (Fsp3) is 1.00. The molecular formula is C5H13BNO2P. The lowest BCUT2D eigenvalue weighted by atomic mass is 9.68. The standard InChI is InChI=1S/C5H13BNO2P/c8-6(9)5-1-3-7(10)4-2-5/h5,8-9H,1-4,10H2. The molecule has 1 unspecified atom stereocenters. The molecule has 0 aromatic heterocycles. The van der Waals surface area contributed by atoms with Crippen LogP contribution in [0.3, 0.4) is 0 Å². The average molecular weight is 161 g/mol. The SMILES string of the molecule is OB(O)C1CCN(P)CC1. The Morgan fingerprint density at radius 1 is 1.30 bits per heavy atom. The van der Waals surface area contributed by atoms with Gasteiger partial charge in [-0.1, -0.05) is 9.39 Å². The van der Waals surface area contributed by atoms with Crippen molar-refractivity contribution in [3.8, 4) is 0 Å². The van der Waals surface area contributed by atoms with Crippen molar-refractivity contribution in [2.45, 2.75) is 18.7 Å². The van der Waals surface area contributed by atoms with Gasteiger partial charge in [0.25, 0.3) is 0 Å². The predicted octanol–water partition coefficient (Wildman–Crippen LogP) is -0.285. The molecule has 0 radical (unpaired) electrons. The molecule has 0 amide bonds. The highest BCUT2D eigenvalue weighted by Crippen LogP contribution is 2.24. The molecule has 1 rings (SSSR count). The van der Waals surface area contributed by atoms with Gasteiger partial charge in [0, 0.05) is 13.1 Å². The van der Waals surface area contributed by atoms with Gasteiger partial charge in [-0.25, -0.2) is 0 Å². The van der Waals surface area contributed by atoms with E-state index >= 15 is 0 Å². The van der Waals surface area contributed by atoms with Gasteiger partial charge < -0.3 is 10.0 Å². The highest BCUT2D eigenvalue weighted by molar-refractivity contribution is 7.13. The van der Waals surface area contributed by atoms with Gasteiger partial charge in [0.1, 0.15) is 0 Å². The van der Waals surface area contributed by atoms with Crippen LogP contribution in [0.15, 0.2) is 0 Å². The lowest BCUT2D eigenvalue weighted by Gasteiger charge is -2.27. The molecule has 58 valence electrons. The van der Waals surface area contributed by atoms with Crippen molar-refractivity contribution in [3.63, 3.8) is 0 Å². The van der Waals surface area contributed by atoms with Gasteiger partial charge in [0.05, 0.1) is 0 Å². The van der Waals surface area contributed by atoms with E-state index in [0.717, 1.165) is 25.9 Å². The van der Waals surface area contributed by atoms with Crippen molar-refractivity contribution in [2.24, 2.45) is 0 Å². The molecule has 0 aliphatic carbocycles. The van der Waals surface area contributed by atoms with E-state index in [4.69, 9.17) is 10.0 Å². The molecule has 5 heteroatoms. The fourth-order valence-corrected chi connectivity index (χ4v) is 1.52. The third-order valence-electron chi connectivity index (χ3n) is 2.00. The van der Waals surface area contributed by atoms with Crippen LogP contribution < -0.4 is 0 Å². The molecular weight excluding hydrogens is 148 g/mol. The van der Waals surface area contributed by atoms with Crippen LogP contribution in [0.2, 0.25) is 5.82 Å². The zero-order chi connectivity index (χ0) is 7.56. The van der Waals surface area contributed by atoms with Gasteiger partial charge in [-0.2, -0.15) is 0 Å². The van der Waals surface area contributed by atoms with Gasteiger partial charge >= 0.3 is 7.12 Å². The van der Waals surface area contributed by atoms with Crippen molar-refractivity contribution >= 4 is 16.5 Å². The summed E-state index contributed by atoms with van der Waals surface area (Å²) in [5, 5.41) is 17.6. The Balaban J connectivity index is 2.26. The van der Waals surface area contributed by atoms with Crippen LogP contribution in [0.5, 0.6) is 0 Å². The highest BCUT2D eigenvalue weighted by Gasteiger charge is 2.26. The third kappa shape index (κ3) is 2.20. The topological polar surface area (TPSA) is 43.7 Å². The van der Waals surface area contributed by atoms with Gasteiger partial charge in [0.15, 0.2) is 0 Å². The predicted molar refractivity (Wildman–Crippen MR) is 44.5 cm³/mol. The molecule has 1 aliphatic rings. The van der Waals surface area contributed by atoms with Gasteiger partial charge in [-0.3, -0.25) is 4.67 Å². The monoisotopic (exact) mass is 161 g/mol. The molecule has 0 spiro atoms. The van der Waals surface area contributed by atoms with E-state index in [1.807, 2.05) is 0 Å². The maximum atomic E-state index is 8.79. The molecule has 10 heavy (non-hydrogen) atoms. The Morgan fingerprint density at radius 3 is 2.20 bits per heavy atom. The maximum absolute atomic E-state index is 8.79. The Hall–Kier alpha value is 0.375. The van der Waals surface area contributed by atoms with Crippen LogP contribution in [-0.4, -0.2) is 34.9 Å². The molecule has 2 N–H and O–H groups in total. The minimum absolute atomic E-state index is 0.0943. The first kappa shape index (κ1) is 8.47. The normalized spacial score (nSPS) is 23.1. The molecule has 1 heterocycles. The van der Waals surface area contributed by atoms with E-state index < -0.39 is 7.12 Å². The molecule has 0 aromatic carbocycles. The van der Waals surface area contributed by atoms with Crippen molar-refractivity contribution in [1.82, 2.24) is 4.67 Å². The molecule has 0 saturated carbocycles. The van der Waals surface area contributed by atoms with E-state index in [-0.39, 0.29) is 5.82 Å². The van der Waals surface area contributed by atoms with Crippen LogP contribution in [0.4, 0.5) is 0 Å². The zero-order valence-electron chi connectivity index (χ0n) is 5.90. The van der Waals surface area contributed by atoms with Crippen molar-refractivity contribution in [3.05, 3.63) is 0 Å². The second-order valence-electron chi connectivity index (χ2n) is 2.79. The lowest BCUT2D eigenvalue weighted by Crippen LogP contribution is -2.31. The summed E-state index contributed by atoms with van der Waals surface area (Å²) >= 11 is 0. The lowest BCUT2D eigenvalue weighted by molar-refractivity contribution is 0.316. The van der Waals surface area contributed by atoms with Crippen LogP contribution >= 0.6 is 9.39 Å². The Bertz CT molecular complexity index is 106. The zero-order valence-corrected chi connectivity index (χ0v) is 7.06. The van der Waals surface area contributed by atoms with Crippen LogP contribution in [-0.2, 0) is 0 Å². The number of piperidine rings is 1. The second-order valence-corrected chi connectivity index (χ2v) is 3.52. The largest absolute Gasteiger partial charge is 0.454 e. The Morgan fingerprint density at radius 2 is 1.80 bits per heavy atom. The summed E-state index contributed by atoms with van der Waals surface area (Å²) in [6.07, 6.45) is 1.78. The van der Waals surface area contributed by atoms with Gasteiger partial charge in [-0.05, 0) is 18.7 Å². The molecule has 1 aliphatic heterocycles. The van der Waals surface area contributed by atoms with Crippen LogP contribution in [0.1, 0.15) is 12.8 Å². The average Bonchev–Trinajstić information content (AvgIpc) is 1.88. The molecule has 3 nitrogen and oxygen atoms in total.